The van der Waals surface area contributed by atoms with Gasteiger partial charge >= 0.3 is 0 Å². The maximum atomic E-state index is 13.2. The number of aromatic amines is 1. The van der Waals surface area contributed by atoms with Gasteiger partial charge in [-0.15, -0.1) is 0 Å². The van der Waals surface area contributed by atoms with E-state index in [-0.39, 0.29) is 11.1 Å². The molecule has 0 saturated heterocycles. The highest BCUT2D eigenvalue weighted by Gasteiger charge is 2.10. The minimum absolute atomic E-state index is 0.00136. The van der Waals surface area contributed by atoms with Crippen LogP contribution in [0.1, 0.15) is 10.4 Å². The minimum Gasteiger partial charge on any atom is -0.322 e. The Balaban J connectivity index is 1.84. The number of halogens is 2. The van der Waals surface area contributed by atoms with Crippen LogP contribution in [0.5, 0.6) is 0 Å². The van der Waals surface area contributed by atoms with Gasteiger partial charge in [0.2, 0.25) is 0 Å². The van der Waals surface area contributed by atoms with Crippen LogP contribution in [0.3, 0.4) is 0 Å². The molecule has 0 atom stereocenters. The number of nitrogens with one attached hydrogen (secondary N) is 2. The average molecular weight is 327 g/mol. The summed E-state index contributed by atoms with van der Waals surface area (Å²) in [6.45, 7) is 0. The van der Waals surface area contributed by atoms with Gasteiger partial charge in [-0.2, -0.15) is 5.10 Å². The van der Waals surface area contributed by atoms with Crippen molar-refractivity contribution in [1.82, 2.24) is 10.2 Å². The van der Waals surface area contributed by atoms with E-state index in [1.54, 1.807) is 30.3 Å². The number of hydrogen-bond donors (Lipinski definition) is 2. The lowest BCUT2D eigenvalue weighted by atomic mass is 10.1. The number of carbonyl (C=O) groups excluding carboxylic acids is 1. The number of hydrogen-bond acceptors (Lipinski definition) is 3. The maximum Gasteiger partial charge on any atom is 0.264 e. The molecule has 0 aliphatic rings. The van der Waals surface area contributed by atoms with E-state index in [1.807, 2.05) is 0 Å². The Morgan fingerprint density at radius 3 is 2.54 bits per heavy atom. The first kappa shape index (κ1) is 15.5. The molecule has 2 N–H and O–H groups in total. The van der Waals surface area contributed by atoms with Crippen molar-refractivity contribution in [2.75, 3.05) is 5.32 Å². The Kier molecular flexibility index (Phi) is 4.15. The first-order valence-electron chi connectivity index (χ1n) is 6.95. The summed E-state index contributed by atoms with van der Waals surface area (Å²) in [6, 6.07) is 12.6. The van der Waals surface area contributed by atoms with E-state index in [0.29, 0.717) is 16.9 Å². The molecule has 0 radical (unpaired) electrons. The Labute approximate surface area is 135 Å². The second-order valence-corrected chi connectivity index (χ2v) is 4.97. The second-order valence-electron chi connectivity index (χ2n) is 4.97. The fourth-order valence-corrected chi connectivity index (χ4v) is 2.10. The van der Waals surface area contributed by atoms with Crippen molar-refractivity contribution in [3.05, 3.63) is 82.1 Å². The molecule has 2 aromatic carbocycles. The van der Waals surface area contributed by atoms with Gasteiger partial charge in [0, 0.05) is 22.9 Å². The molecule has 120 valence electrons. The molecule has 0 aliphatic heterocycles. The first-order chi connectivity index (χ1) is 11.5. The standard InChI is InChI=1S/C17H11F2N3O2/c18-13-5-4-11(9-14(13)19)17(24)20-12-3-1-2-10(8-12)15-6-7-16(23)22-21-15/h1-9H,(H,20,24)(H,22,23). The highest BCUT2D eigenvalue weighted by atomic mass is 19.2. The Morgan fingerprint density at radius 1 is 1.00 bits per heavy atom. The number of aromatic nitrogens is 2. The molecule has 0 fully saturated rings. The maximum absolute atomic E-state index is 13.2. The van der Waals surface area contributed by atoms with Gasteiger partial charge in [0.1, 0.15) is 0 Å². The Morgan fingerprint density at radius 2 is 1.83 bits per heavy atom. The molecule has 0 aliphatic carbocycles. The van der Waals surface area contributed by atoms with Crippen molar-refractivity contribution in [1.29, 1.82) is 0 Å². The van der Waals surface area contributed by atoms with Crippen LogP contribution < -0.4 is 10.9 Å². The summed E-state index contributed by atoms with van der Waals surface area (Å²) in [4.78, 5) is 23.1. The summed E-state index contributed by atoms with van der Waals surface area (Å²) >= 11 is 0. The van der Waals surface area contributed by atoms with E-state index in [2.05, 4.69) is 15.5 Å². The normalized spacial score (nSPS) is 10.4. The summed E-state index contributed by atoms with van der Waals surface area (Å²) in [5, 5.41) is 8.83. The van der Waals surface area contributed by atoms with E-state index in [1.165, 1.54) is 12.1 Å². The molecule has 24 heavy (non-hydrogen) atoms. The smallest absolute Gasteiger partial charge is 0.264 e. The molecule has 1 aromatic heterocycles. The summed E-state index contributed by atoms with van der Waals surface area (Å²) in [5.41, 5.74) is 1.34. The fraction of sp³-hybridized carbons (Fsp3) is 0. The zero-order valence-corrected chi connectivity index (χ0v) is 12.2. The van der Waals surface area contributed by atoms with Gasteiger partial charge in [0.15, 0.2) is 11.6 Å². The highest BCUT2D eigenvalue weighted by Crippen LogP contribution is 2.20. The monoisotopic (exact) mass is 327 g/mol. The van der Waals surface area contributed by atoms with E-state index in [4.69, 9.17) is 0 Å². The van der Waals surface area contributed by atoms with Crippen molar-refractivity contribution in [2.45, 2.75) is 0 Å². The van der Waals surface area contributed by atoms with Crippen molar-refractivity contribution in [3.63, 3.8) is 0 Å². The molecule has 0 unspecified atom stereocenters. The molecule has 3 rings (SSSR count). The summed E-state index contributed by atoms with van der Waals surface area (Å²) in [6.07, 6.45) is 0. The van der Waals surface area contributed by atoms with E-state index < -0.39 is 17.5 Å². The van der Waals surface area contributed by atoms with Gasteiger partial charge in [-0.1, -0.05) is 12.1 Å². The van der Waals surface area contributed by atoms with Crippen LogP contribution in [0.15, 0.2) is 59.4 Å². The predicted octanol–water partition coefficient (Wildman–Crippen LogP) is 2.97. The first-order valence-corrected chi connectivity index (χ1v) is 6.95. The van der Waals surface area contributed by atoms with Crippen molar-refractivity contribution in [3.8, 4) is 11.3 Å². The molecule has 7 heteroatoms. The molecule has 3 aromatic rings. The SMILES string of the molecule is O=C(Nc1cccc(-c2ccc(=O)[nH]n2)c1)c1ccc(F)c(F)c1. The van der Waals surface area contributed by atoms with Crippen molar-refractivity contribution < 1.29 is 13.6 Å². The molecular formula is C17H11F2N3O2. The largest absolute Gasteiger partial charge is 0.322 e. The highest BCUT2D eigenvalue weighted by molar-refractivity contribution is 6.04. The number of anilines is 1. The zero-order chi connectivity index (χ0) is 17.1. The number of rotatable bonds is 3. The second kappa shape index (κ2) is 6.41. The lowest BCUT2D eigenvalue weighted by Crippen LogP contribution is -2.12. The molecule has 1 amide bonds. The summed E-state index contributed by atoms with van der Waals surface area (Å²) in [5.74, 6) is -2.67. The molecule has 5 nitrogen and oxygen atoms in total. The van der Waals surface area contributed by atoms with Crippen LogP contribution in [0.25, 0.3) is 11.3 Å². The number of nitrogens with zero attached hydrogens (tertiary/aromatic N) is 1. The number of amides is 1. The number of H-pyrrole nitrogens is 1. The van der Waals surface area contributed by atoms with Crippen LogP contribution in [0, 0.1) is 11.6 Å². The van der Waals surface area contributed by atoms with Crippen LogP contribution in [0.4, 0.5) is 14.5 Å². The van der Waals surface area contributed by atoms with Gasteiger partial charge in [-0.3, -0.25) is 9.59 Å². The van der Waals surface area contributed by atoms with Crippen molar-refractivity contribution >= 4 is 11.6 Å². The van der Waals surface area contributed by atoms with E-state index >= 15 is 0 Å². The van der Waals surface area contributed by atoms with Crippen molar-refractivity contribution in [2.24, 2.45) is 0 Å². The fourth-order valence-electron chi connectivity index (χ4n) is 2.10. The van der Waals surface area contributed by atoms with Crippen LogP contribution in [-0.4, -0.2) is 16.1 Å². The van der Waals surface area contributed by atoms with Crippen LogP contribution >= 0.6 is 0 Å². The summed E-state index contributed by atoms with van der Waals surface area (Å²) < 4.78 is 26.1. The quantitative estimate of drug-likeness (QED) is 0.776. The number of carbonyl (C=O) groups is 1. The van der Waals surface area contributed by atoms with E-state index in [0.717, 1.165) is 12.1 Å². The molecule has 1 heterocycles. The van der Waals surface area contributed by atoms with Gasteiger partial charge in [0.25, 0.3) is 11.5 Å². The minimum atomic E-state index is -1.09. The third-order valence-corrected chi connectivity index (χ3v) is 3.28. The predicted molar refractivity (Wildman–Crippen MR) is 84.6 cm³/mol. The van der Waals surface area contributed by atoms with E-state index in [9.17, 15) is 18.4 Å². The third kappa shape index (κ3) is 3.35. The lowest BCUT2D eigenvalue weighted by Gasteiger charge is -2.07. The Hall–Kier alpha value is -3.35. The van der Waals surface area contributed by atoms with Crippen LogP contribution in [0.2, 0.25) is 0 Å². The Bertz CT molecular complexity index is 950. The van der Waals surface area contributed by atoms with Gasteiger partial charge in [-0.25, -0.2) is 13.9 Å². The van der Waals surface area contributed by atoms with Gasteiger partial charge in [-0.05, 0) is 36.4 Å². The molecular weight excluding hydrogens is 316 g/mol. The van der Waals surface area contributed by atoms with Crippen LogP contribution in [-0.2, 0) is 0 Å². The molecule has 0 bridgehead atoms. The zero-order valence-electron chi connectivity index (χ0n) is 12.2. The topological polar surface area (TPSA) is 74.8 Å². The average Bonchev–Trinajstić information content (AvgIpc) is 2.58. The number of benzene rings is 2. The van der Waals surface area contributed by atoms with Gasteiger partial charge < -0.3 is 5.32 Å². The lowest BCUT2D eigenvalue weighted by molar-refractivity contribution is 0.102. The molecule has 0 saturated carbocycles. The summed E-state index contributed by atoms with van der Waals surface area (Å²) in [7, 11) is 0. The molecule has 0 spiro atoms. The van der Waals surface area contributed by atoms with Gasteiger partial charge in [0.05, 0.1) is 5.69 Å². The third-order valence-electron chi connectivity index (χ3n) is 3.28.